The number of aromatic nitrogens is 2. The summed E-state index contributed by atoms with van der Waals surface area (Å²) in [4.78, 5) is 15.4. The van der Waals surface area contributed by atoms with Crippen LogP contribution in [0.5, 0.6) is 0 Å². The number of nitrogens with one attached hydrogen (secondary N) is 1. The summed E-state index contributed by atoms with van der Waals surface area (Å²) in [6.45, 7) is 5.55. The number of hydrogen-bond donors (Lipinski definition) is 1. The average molecular weight is 279 g/mol. The van der Waals surface area contributed by atoms with Crippen LogP contribution < -0.4 is 5.32 Å². The van der Waals surface area contributed by atoms with E-state index in [0.29, 0.717) is 6.04 Å². The zero-order chi connectivity index (χ0) is 14.5. The van der Waals surface area contributed by atoms with Crippen LogP contribution in [0.15, 0.2) is 12.4 Å². The number of rotatable bonds is 4. The molecule has 6 heteroatoms. The van der Waals surface area contributed by atoms with Gasteiger partial charge < -0.3 is 15.1 Å². The maximum Gasteiger partial charge on any atom is 0.319 e. The molecule has 2 amide bonds. The van der Waals surface area contributed by atoms with Crippen molar-refractivity contribution in [3.05, 3.63) is 18.0 Å². The molecule has 0 atom stereocenters. The highest BCUT2D eigenvalue weighted by atomic mass is 16.2. The molecule has 2 rings (SSSR count). The molecule has 1 aromatic rings. The van der Waals surface area contributed by atoms with E-state index in [1.54, 1.807) is 19.0 Å². The Bertz CT molecular complexity index is 435. The third-order valence-electron chi connectivity index (χ3n) is 3.68. The molecule has 6 nitrogen and oxygen atoms in total. The van der Waals surface area contributed by atoms with Gasteiger partial charge in [0, 0.05) is 46.0 Å². The third kappa shape index (κ3) is 3.96. The first-order valence-corrected chi connectivity index (χ1v) is 7.25. The summed E-state index contributed by atoms with van der Waals surface area (Å²) in [5.74, 6) is 0. The smallest absolute Gasteiger partial charge is 0.319 e. The minimum atomic E-state index is 0.121. The summed E-state index contributed by atoms with van der Waals surface area (Å²) in [7, 11) is 3.61. The highest BCUT2D eigenvalue weighted by molar-refractivity contribution is 5.73. The van der Waals surface area contributed by atoms with Crippen LogP contribution in [0, 0.1) is 6.92 Å². The molecule has 1 aliphatic heterocycles. The lowest BCUT2D eigenvalue weighted by molar-refractivity contribution is 0.152. The van der Waals surface area contributed by atoms with Gasteiger partial charge in [0.2, 0.25) is 0 Å². The zero-order valence-electron chi connectivity index (χ0n) is 12.7. The Morgan fingerprint density at radius 3 is 2.70 bits per heavy atom. The third-order valence-corrected chi connectivity index (χ3v) is 3.68. The first-order chi connectivity index (χ1) is 9.56. The van der Waals surface area contributed by atoms with E-state index in [0.717, 1.165) is 39.0 Å². The van der Waals surface area contributed by atoms with E-state index in [1.165, 1.54) is 5.56 Å². The lowest BCUT2D eigenvalue weighted by Gasteiger charge is -2.34. The Morgan fingerprint density at radius 1 is 1.45 bits per heavy atom. The van der Waals surface area contributed by atoms with Gasteiger partial charge in [0.05, 0.1) is 12.7 Å². The number of hydrogen-bond acceptors (Lipinski definition) is 3. The Kier molecular flexibility index (Phi) is 5.00. The predicted octanol–water partition coefficient (Wildman–Crippen LogP) is 0.927. The van der Waals surface area contributed by atoms with Crippen LogP contribution in [0.1, 0.15) is 18.4 Å². The molecule has 1 fully saturated rings. The lowest BCUT2D eigenvalue weighted by atomic mass is 10.1. The molecule has 0 aliphatic carbocycles. The lowest BCUT2D eigenvalue weighted by Crippen LogP contribution is -2.48. The molecule has 0 spiro atoms. The van der Waals surface area contributed by atoms with Crippen LogP contribution in [0.3, 0.4) is 0 Å². The molecule has 0 aromatic carbocycles. The topological polar surface area (TPSA) is 53.4 Å². The van der Waals surface area contributed by atoms with E-state index in [9.17, 15) is 4.79 Å². The Hall–Kier alpha value is -1.56. The molecule has 1 N–H and O–H groups in total. The van der Waals surface area contributed by atoms with E-state index < -0.39 is 0 Å². The van der Waals surface area contributed by atoms with Gasteiger partial charge in [0.25, 0.3) is 0 Å². The molecular weight excluding hydrogens is 254 g/mol. The fraction of sp³-hybridized carbons (Fsp3) is 0.714. The highest BCUT2D eigenvalue weighted by Gasteiger charge is 2.23. The number of likely N-dealkylation sites (tertiary alicyclic amines) is 1. The highest BCUT2D eigenvalue weighted by Crippen LogP contribution is 2.11. The second-order valence-corrected chi connectivity index (χ2v) is 5.67. The summed E-state index contributed by atoms with van der Waals surface area (Å²) in [5.41, 5.74) is 1.19. The largest absolute Gasteiger partial charge is 0.331 e. The van der Waals surface area contributed by atoms with Crippen molar-refractivity contribution in [2.45, 2.75) is 32.4 Å². The van der Waals surface area contributed by atoms with Gasteiger partial charge in [-0.1, -0.05) is 0 Å². The maximum absolute atomic E-state index is 11.8. The van der Waals surface area contributed by atoms with Gasteiger partial charge in [-0.25, -0.2) is 4.79 Å². The SMILES string of the molecule is Cc1cnn(CCNC2CCN(C(=O)N(C)C)CC2)c1. The van der Waals surface area contributed by atoms with Crippen molar-refractivity contribution >= 4 is 6.03 Å². The van der Waals surface area contributed by atoms with E-state index in [2.05, 4.69) is 23.5 Å². The van der Waals surface area contributed by atoms with Crippen molar-refractivity contribution in [2.24, 2.45) is 0 Å². The van der Waals surface area contributed by atoms with Crippen molar-refractivity contribution < 1.29 is 4.79 Å². The van der Waals surface area contributed by atoms with Gasteiger partial charge in [0.15, 0.2) is 0 Å². The van der Waals surface area contributed by atoms with Crippen molar-refractivity contribution in [3.63, 3.8) is 0 Å². The molecule has 0 radical (unpaired) electrons. The van der Waals surface area contributed by atoms with Crippen LogP contribution in [-0.4, -0.2) is 65.4 Å². The van der Waals surface area contributed by atoms with Gasteiger partial charge in [0.1, 0.15) is 0 Å². The molecule has 0 unspecified atom stereocenters. The number of amides is 2. The first-order valence-electron chi connectivity index (χ1n) is 7.25. The van der Waals surface area contributed by atoms with Crippen molar-refractivity contribution in [2.75, 3.05) is 33.7 Å². The molecule has 20 heavy (non-hydrogen) atoms. The van der Waals surface area contributed by atoms with Gasteiger partial charge in [-0.05, 0) is 25.3 Å². The van der Waals surface area contributed by atoms with Crippen LogP contribution in [0.4, 0.5) is 4.79 Å². The molecule has 1 aliphatic rings. The van der Waals surface area contributed by atoms with Crippen LogP contribution >= 0.6 is 0 Å². The fourth-order valence-electron chi connectivity index (χ4n) is 2.53. The summed E-state index contributed by atoms with van der Waals surface area (Å²) < 4.78 is 1.97. The van der Waals surface area contributed by atoms with Crippen molar-refractivity contribution in [3.8, 4) is 0 Å². The second kappa shape index (κ2) is 6.74. The van der Waals surface area contributed by atoms with Crippen molar-refractivity contribution in [1.29, 1.82) is 0 Å². The number of carbonyl (C=O) groups is 1. The van der Waals surface area contributed by atoms with Crippen LogP contribution in [0.25, 0.3) is 0 Å². The average Bonchev–Trinajstić information content (AvgIpc) is 2.84. The quantitative estimate of drug-likeness (QED) is 0.892. The van der Waals surface area contributed by atoms with Gasteiger partial charge in [-0.2, -0.15) is 5.10 Å². The summed E-state index contributed by atoms with van der Waals surface area (Å²) in [6.07, 6.45) is 5.99. The Morgan fingerprint density at radius 2 is 2.15 bits per heavy atom. The monoisotopic (exact) mass is 279 g/mol. The molecule has 2 heterocycles. The van der Waals surface area contributed by atoms with Crippen molar-refractivity contribution in [1.82, 2.24) is 24.9 Å². The first kappa shape index (κ1) is 14.8. The van der Waals surface area contributed by atoms with Crippen LogP contribution in [0.2, 0.25) is 0 Å². The van der Waals surface area contributed by atoms with E-state index >= 15 is 0 Å². The molecule has 1 saturated heterocycles. The van der Waals surface area contributed by atoms with E-state index in [4.69, 9.17) is 0 Å². The molecule has 0 saturated carbocycles. The molecule has 1 aromatic heterocycles. The predicted molar refractivity (Wildman–Crippen MR) is 78.6 cm³/mol. The van der Waals surface area contributed by atoms with E-state index in [-0.39, 0.29) is 6.03 Å². The van der Waals surface area contributed by atoms with E-state index in [1.807, 2.05) is 15.8 Å². The normalized spacial score (nSPS) is 16.4. The standard InChI is InChI=1S/C14H25N5O/c1-12-10-16-19(11-12)9-6-15-13-4-7-18(8-5-13)14(20)17(2)3/h10-11,13,15H,4-9H2,1-3H3. The second-order valence-electron chi connectivity index (χ2n) is 5.67. The molecule has 0 bridgehead atoms. The zero-order valence-corrected chi connectivity index (χ0v) is 12.7. The number of nitrogens with zero attached hydrogens (tertiary/aromatic N) is 4. The number of carbonyl (C=O) groups excluding carboxylic acids is 1. The molecule has 112 valence electrons. The van der Waals surface area contributed by atoms with Gasteiger partial charge in [-0.15, -0.1) is 0 Å². The number of piperidine rings is 1. The summed E-state index contributed by atoms with van der Waals surface area (Å²) in [6, 6.07) is 0.633. The maximum atomic E-state index is 11.8. The summed E-state index contributed by atoms with van der Waals surface area (Å²) >= 11 is 0. The number of urea groups is 1. The Labute approximate surface area is 120 Å². The minimum absolute atomic E-state index is 0.121. The minimum Gasteiger partial charge on any atom is -0.331 e. The van der Waals surface area contributed by atoms with Gasteiger partial charge in [-0.3, -0.25) is 4.68 Å². The molecular formula is C14H25N5O. The number of aryl methyl sites for hydroxylation is 1. The fourth-order valence-corrected chi connectivity index (χ4v) is 2.53. The van der Waals surface area contributed by atoms with Crippen LogP contribution in [-0.2, 0) is 6.54 Å². The van der Waals surface area contributed by atoms with Gasteiger partial charge >= 0.3 is 6.03 Å². The summed E-state index contributed by atoms with van der Waals surface area (Å²) in [5, 5.41) is 7.83. The Balaban J connectivity index is 1.66.